The molecule has 0 aliphatic heterocycles. The third kappa shape index (κ3) is 7.10. The number of rotatable bonds is 10. The summed E-state index contributed by atoms with van der Waals surface area (Å²) in [6, 6.07) is 8.73. The predicted molar refractivity (Wildman–Crippen MR) is 118 cm³/mol. The summed E-state index contributed by atoms with van der Waals surface area (Å²) in [6.07, 6.45) is 17.3. The van der Waals surface area contributed by atoms with E-state index in [1.54, 1.807) is 0 Å². The second kappa shape index (κ2) is 11.9. The third-order valence-corrected chi connectivity index (χ3v) is 7.13. The van der Waals surface area contributed by atoms with Crippen molar-refractivity contribution in [1.82, 2.24) is 0 Å². The van der Waals surface area contributed by atoms with Crippen molar-refractivity contribution in [3.05, 3.63) is 29.8 Å². The van der Waals surface area contributed by atoms with Crippen LogP contribution in [0.5, 0.6) is 5.75 Å². The first kappa shape index (κ1) is 21.7. The number of ether oxygens (including phenoxy) is 2. The normalized spacial score (nSPS) is 21.4. The number of hydrogen-bond acceptors (Lipinski definition) is 2. The first-order valence-corrected chi connectivity index (χ1v) is 12.1. The smallest absolute Gasteiger partial charge is 0.200 e. The van der Waals surface area contributed by atoms with Gasteiger partial charge in [0.15, 0.2) is 6.29 Å². The molecule has 2 heteroatoms. The summed E-state index contributed by atoms with van der Waals surface area (Å²) in [6.45, 7) is 5.39. The summed E-state index contributed by atoms with van der Waals surface area (Å²) in [4.78, 5) is 0. The lowest BCUT2D eigenvalue weighted by molar-refractivity contribution is -0.0983. The Bertz CT molecular complexity index is 526. The van der Waals surface area contributed by atoms with E-state index in [0.717, 1.165) is 30.6 Å². The van der Waals surface area contributed by atoms with Crippen LogP contribution in [0.15, 0.2) is 24.3 Å². The molecule has 2 nitrogen and oxygen atoms in total. The minimum absolute atomic E-state index is 0.0823. The van der Waals surface area contributed by atoms with Gasteiger partial charge in [0.1, 0.15) is 5.75 Å². The van der Waals surface area contributed by atoms with Crippen LogP contribution in [-0.2, 0) is 4.74 Å². The second-order valence-electron chi connectivity index (χ2n) is 9.33. The molecule has 0 amide bonds. The molecule has 0 spiro atoms. The molecule has 158 valence electrons. The maximum atomic E-state index is 6.35. The Morgan fingerprint density at radius 2 is 1.46 bits per heavy atom. The topological polar surface area (TPSA) is 18.5 Å². The Hall–Kier alpha value is -1.02. The molecule has 2 aliphatic carbocycles. The van der Waals surface area contributed by atoms with Crippen molar-refractivity contribution in [1.29, 1.82) is 0 Å². The average molecular weight is 387 g/mol. The Morgan fingerprint density at radius 3 is 2.07 bits per heavy atom. The molecule has 2 fully saturated rings. The molecule has 0 N–H and O–H groups in total. The molecular formula is C26H42O2. The van der Waals surface area contributed by atoms with E-state index in [9.17, 15) is 0 Å². The Morgan fingerprint density at radius 1 is 0.857 bits per heavy atom. The van der Waals surface area contributed by atoms with Gasteiger partial charge in [0.2, 0.25) is 0 Å². The zero-order valence-corrected chi connectivity index (χ0v) is 18.3. The highest BCUT2D eigenvalue weighted by molar-refractivity contribution is 5.29. The van der Waals surface area contributed by atoms with E-state index in [1.807, 2.05) is 0 Å². The quantitative estimate of drug-likeness (QED) is 0.381. The van der Waals surface area contributed by atoms with Crippen LogP contribution in [0.1, 0.15) is 109 Å². The van der Waals surface area contributed by atoms with Gasteiger partial charge in [0.05, 0.1) is 6.61 Å². The Kier molecular flexibility index (Phi) is 9.18. The lowest BCUT2D eigenvalue weighted by Crippen LogP contribution is -2.26. The molecule has 2 aliphatic rings. The SMILES string of the molecule is CCC(C)c1ccc(OC(CC2CCCCC2)OCCC2CCCCC2)cc1. The van der Waals surface area contributed by atoms with Gasteiger partial charge in [-0.3, -0.25) is 0 Å². The first-order chi connectivity index (χ1) is 13.7. The van der Waals surface area contributed by atoms with Crippen LogP contribution < -0.4 is 4.74 Å². The van der Waals surface area contributed by atoms with Gasteiger partial charge in [0.25, 0.3) is 0 Å². The fourth-order valence-corrected chi connectivity index (χ4v) is 4.95. The maximum absolute atomic E-state index is 6.35. The van der Waals surface area contributed by atoms with Crippen molar-refractivity contribution >= 4 is 0 Å². The van der Waals surface area contributed by atoms with Gasteiger partial charge in [-0.1, -0.05) is 90.2 Å². The van der Waals surface area contributed by atoms with Crippen LogP contribution in [0.3, 0.4) is 0 Å². The van der Waals surface area contributed by atoms with Crippen LogP contribution in [0.4, 0.5) is 0 Å². The number of hydrogen-bond donors (Lipinski definition) is 0. The summed E-state index contributed by atoms with van der Waals surface area (Å²) in [5.74, 6) is 3.22. The van der Waals surface area contributed by atoms with E-state index in [2.05, 4.69) is 38.1 Å². The van der Waals surface area contributed by atoms with Crippen molar-refractivity contribution in [2.75, 3.05) is 6.61 Å². The fourth-order valence-electron chi connectivity index (χ4n) is 4.95. The second-order valence-corrected chi connectivity index (χ2v) is 9.33. The molecule has 1 aromatic rings. The van der Waals surface area contributed by atoms with Gasteiger partial charge in [-0.25, -0.2) is 0 Å². The van der Waals surface area contributed by atoms with Crippen LogP contribution in [0.2, 0.25) is 0 Å². The molecule has 2 atom stereocenters. The maximum Gasteiger partial charge on any atom is 0.200 e. The summed E-state index contributed by atoms with van der Waals surface area (Å²) < 4.78 is 12.7. The van der Waals surface area contributed by atoms with E-state index >= 15 is 0 Å². The highest BCUT2D eigenvalue weighted by atomic mass is 16.7. The van der Waals surface area contributed by atoms with Gasteiger partial charge < -0.3 is 9.47 Å². The van der Waals surface area contributed by atoms with Crippen molar-refractivity contribution in [3.63, 3.8) is 0 Å². The molecule has 0 radical (unpaired) electrons. The van der Waals surface area contributed by atoms with Crippen molar-refractivity contribution in [2.24, 2.45) is 11.8 Å². The predicted octanol–water partition coefficient (Wildman–Crippen LogP) is 7.86. The largest absolute Gasteiger partial charge is 0.465 e. The summed E-state index contributed by atoms with van der Waals surface area (Å²) >= 11 is 0. The molecular weight excluding hydrogens is 344 g/mol. The standard InChI is InChI=1S/C26H42O2/c1-3-21(2)24-14-16-25(17-15-24)28-26(20-23-12-8-5-9-13-23)27-19-18-22-10-6-4-7-11-22/h14-17,21-23,26H,3-13,18-20H2,1-2H3. The Balaban J connectivity index is 1.53. The number of benzene rings is 1. The zero-order chi connectivity index (χ0) is 19.6. The van der Waals surface area contributed by atoms with Crippen LogP contribution in [0.25, 0.3) is 0 Å². The van der Waals surface area contributed by atoms with Gasteiger partial charge in [-0.15, -0.1) is 0 Å². The fraction of sp³-hybridized carbons (Fsp3) is 0.769. The molecule has 0 bridgehead atoms. The lowest BCUT2D eigenvalue weighted by atomic mass is 9.86. The highest BCUT2D eigenvalue weighted by Gasteiger charge is 2.22. The van der Waals surface area contributed by atoms with E-state index < -0.39 is 0 Å². The Labute approximate surface area is 173 Å². The zero-order valence-electron chi connectivity index (χ0n) is 18.3. The average Bonchev–Trinajstić information content (AvgIpc) is 2.75. The minimum atomic E-state index is -0.0823. The summed E-state index contributed by atoms with van der Waals surface area (Å²) in [5, 5.41) is 0. The van der Waals surface area contributed by atoms with Crippen LogP contribution >= 0.6 is 0 Å². The molecule has 0 aromatic heterocycles. The molecule has 28 heavy (non-hydrogen) atoms. The molecule has 0 saturated heterocycles. The summed E-state index contributed by atoms with van der Waals surface area (Å²) in [5.41, 5.74) is 1.40. The molecule has 2 saturated carbocycles. The molecule has 3 rings (SSSR count). The van der Waals surface area contributed by atoms with Gasteiger partial charge >= 0.3 is 0 Å². The van der Waals surface area contributed by atoms with Crippen molar-refractivity contribution < 1.29 is 9.47 Å². The van der Waals surface area contributed by atoms with E-state index in [0.29, 0.717) is 5.92 Å². The minimum Gasteiger partial charge on any atom is -0.465 e. The monoisotopic (exact) mass is 386 g/mol. The third-order valence-electron chi connectivity index (χ3n) is 7.13. The van der Waals surface area contributed by atoms with Crippen LogP contribution in [-0.4, -0.2) is 12.9 Å². The van der Waals surface area contributed by atoms with Gasteiger partial charge in [-0.05, 0) is 48.3 Å². The van der Waals surface area contributed by atoms with E-state index in [1.165, 1.54) is 82.6 Å². The van der Waals surface area contributed by atoms with Crippen molar-refractivity contribution in [3.8, 4) is 5.75 Å². The van der Waals surface area contributed by atoms with Crippen molar-refractivity contribution in [2.45, 2.75) is 110 Å². The van der Waals surface area contributed by atoms with Crippen LogP contribution in [0, 0.1) is 11.8 Å². The van der Waals surface area contributed by atoms with E-state index in [4.69, 9.17) is 9.47 Å². The molecule has 0 heterocycles. The molecule has 2 unspecified atom stereocenters. The lowest BCUT2D eigenvalue weighted by Gasteiger charge is -2.28. The molecule has 1 aromatic carbocycles. The van der Waals surface area contributed by atoms with E-state index in [-0.39, 0.29) is 6.29 Å². The van der Waals surface area contributed by atoms with Gasteiger partial charge in [-0.2, -0.15) is 0 Å². The van der Waals surface area contributed by atoms with Gasteiger partial charge in [0, 0.05) is 6.42 Å². The summed E-state index contributed by atoms with van der Waals surface area (Å²) in [7, 11) is 0. The first-order valence-electron chi connectivity index (χ1n) is 12.1. The highest BCUT2D eigenvalue weighted by Crippen LogP contribution is 2.31.